The van der Waals surface area contributed by atoms with Gasteiger partial charge in [0.05, 0.1) is 0 Å². The SMILES string of the molecule is Cc1ccc(-c2c(CN3CCN(C)CC3)csc2C)cc1. The van der Waals surface area contributed by atoms with E-state index in [1.165, 1.54) is 53.3 Å². The van der Waals surface area contributed by atoms with Crippen LogP contribution >= 0.6 is 11.3 Å². The lowest BCUT2D eigenvalue weighted by Gasteiger charge is -2.32. The van der Waals surface area contributed by atoms with E-state index in [4.69, 9.17) is 0 Å². The molecule has 2 aromatic rings. The van der Waals surface area contributed by atoms with Crippen LogP contribution in [0.2, 0.25) is 0 Å². The van der Waals surface area contributed by atoms with Crippen molar-refractivity contribution in [1.82, 2.24) is 9.80 Å². The maximum absolute atomic E-state index is 2.58. The maximum atomic E-state index is 2.58. The average molecular weight is 300 g/mol. The Hall–Kier alpha value is -1.16. The molecule has 0 saturated carbocycles. The second-order valence-electron chi connectivity index (χ2n) is 6.14. The number of aryl methyl sites for hydroxylation is 2. The van der Waals surface area contributed by atoms with Crippen molar-refractivity contribution < 1.29 is 0 Å². The summed E-state index contributed by atoms with van der Waals surface area (Å²) in [5.41, 5.74) is 5.64. The zero-order valence-electron chi connectivity index (χ0n) is 13.2. The molecule has 0 amide bonds. The number of benzene rings is 1. The van der Waals surface area contributed by atoms with Gasteiger partial charge in [-0.3, -0.25) is 4.90 Å². The van der Waals surface area contributed by atoms with E-state index < -0.39 is 0 Å². The van der Waals surface area contributed by atoms with E-state index in [0.29, 0.717) is 0 Å². The standard InChI is InChI=1S/C18H24N2S/c1-14-4-6-16(7-5-14)18-15(2)21-13-17(18)12-20-10-8-19(3)9-11-20/h4-7,13H,8-12H2,1-3H3. The zero-order chi connectivity index (χ0) is 14.8. The van der Waals surface area contributed by atoms with Crippen molar-refractivity contribution in [3.8, 4) is 11.1 Å². The Morgan fingerprint density at radius 1 is 1.00 bits per heavy atom. The lowest BCUT2D eigenvalue weighted by molar-refractivity contribution is 0.148. The van der Waals surface area contributed by atoms with Gasteiger partial charge in [-0.25, -0.2) is 0 Å². The van der Waals surface area contributed by atoms with Crippen molar-refractivity contribution in [3.63, 3.8) is 0 Å². The molecular weight excluding hydrogens is 276 g/mol. The summed E-state index contributed by atoms with van der Waals surface area (Å²) in [5.74, 6) is 0. The highest BCUT2D eigenvalue weighted by Crippen LogP contribution is 2.33. The van der Waals surface area contributed by atoms with E-state index in [1.807, 2.05) is 11.3 Å². The molecule has 1 fully saturated rings. The summed E-state index contributed by atoms with van der Waals surface area (Å²) in [5, 5.41) is 2.35. The van der Waals surface area contributed by atoms with Gasteiger partial charge in [0.15, 0.2) is 0 Å². The van der Waals surface area contributed by atoms with E-state index in [1.54, 1.807) is 0 Å². The monoisotopic (exact) mass is 300 g/mol. The normalized spacial score (nSPS) is 17.3. The molecule has 0 unspecified atom stereocenters. The van der Waals surface area contributed by atoms with Crippen molar-refractivity contribution >= 4 is 11.3 Å². The molecule has 0 aliphatic carbocycles. The van der Waals surface area contributed by atoms with Gasteiger partial charge in [-0.1, -0.05) is 29.8 Å². The third-order valence-corrected chi connectivity index (χ3v) is 5.34. The van der Waals surface area contributed by atoms with E-state index in [0.717, 1.165) is 6.54 Å². The second-order valence-corrected chi connectivity index (χ2v) is 7.22. The largest absolute Gasteiger partial charge is 0.304 e. The van der Waals surface area contributed by atoms with Gasteiger partial charge < -0.3 is 4.90 Å². The van der Waals surface area contributed by atoms with Crippen LogP contribution in [0, 0.1) is 13.8 Å². The smallest absolute Gasteiger partial charge is 0.0249 e. The zero-order valence-corrected chi connectivity index (χ0v) is 14.0. The fourth-order valence-corrected chi connectivity index (χ4v) is 3.85. The fraction of sp³-hybridized carbons (Fsp3) is 0.444. The summed E-state index contributed by atoms with van der Waals surface area (Å²) in [4.78, 5) is 6.43. The third-order valence-electron chi connectivity index (χ3n) is 4.38. The van der Waals surface area contributed by atoms with Gasteiger partial charge in [0.25, 0.3) is 0 Å². The molecule has 1 aliphatic heterocycles. The highest BCUT2D eigenvalue weighted by atomic mass is 32.1. The molecule has 3 heteroatoms. The van der Waals surface area contributed by atoms with Crippen LogP contribution in [-0.2, 0) is 6.54 Å². The molecule has 3 rings (SSSR count). The van der Waals surface area contributed by atoms with E-state index >= 15 is 0 Å². The maximum Gasteiger partial charge on any atom is 0.0249 e. The Morgan fingerprint density at radius 2 is 1.67 bits per heavy atom. The number of hydrogen-bond acceptors (Lipinski definition) is 3. The number of likely N-dealkylation sites (N-methyl/N-ethyl adjacent to an activating group) is 1. The van der Waals surface area contributed by atoms with Crippen molar-refractivity contribution in [3.05, 3.63) is 45.6 Å². The minimum atomic E-state index is 1.08. The summed E-state index contributed by atoms with van der Waals surface area (Å²) in [6.45, 7) is 10.2. The van der Waals surface area contributed by atoms with Crippen LogP contribution in [0.25, 0.3) is 11.1 Å². The van der Waals surface area contributed by atoms with Gasteiger partial charge in [0, 0.05) is 37.6 Å². The summed E-state index contributed by atoms with van der Waals surface area (Å²) >= 11 is 1.88. The third kappa shape index (κ3) is 3.37. The van der Waals surface area contributed by atoms with Crippen molar-refractivity contribution in [1.29, 1.82) is 0 Å². The summed E-state index contributed by atoms with van der Waals surface area (Å²) in [7, 11) is 2.21. The molecule has 0 radical (unpaired) electrons. The van der Waals surface area contributed by atoms with Gasteiger partial charge in [0.1, 0.15) is 0 Å². The minimum Gasteiger partial charge on any atom is -0.304 e. The molecule has 0 N–H and O–H groups in total. The number of hydrogen-bond donors (Lipinski definition) is 0. The Kier molecular flexibility index (Phi) is 4.43. The van der Waals surface area contributed by atoms with Crippen LogP contribution in [0.15, 0.2) is 29.6 Å². The molecule has 0 spiro atoms. The number of rotatable bonds is 3. The molecule has 1 aromatic carbocycles. The predicted molar refractivity (Wildman–Crippen MR) is 92.0 cm³/mol. The van der Waals surface area contributed by atoms with E-state index in [9.17, 15) is 0 Å². The van der Waals surface area contributed by atoms with Crippen LogP contribution in [0.1, 0.15) is 16.0 Å². The van der Waals surface area contributed by atoms with Crippen LogP contribution in [0.3, 0.4) is 0 Å². The van der Waals surface area contributed by atoms with Gasteiger partial charge in [0.2, 0.25) is 0 Å². The Labute approximate surface area is 132 Å². The van der Waals surface area contributed by atoms with Crippen LogP contribution in [0.5, 0.6) is 0 Å². The molecule has 1 aliphatic rings. The number of thiophene rings is 1. The first-order valence-electron chi connectivity index (χ1n) is 7.68. The Balaban J connectivity index is 1.82. The summed E-state index contributed by atoms with van der Waals surface area (Å²) < 4.78 is 0. The van der Waals surface area contributed by atoms with Gasteiger partial charge in [-0.15, -0.1) is 11.3 Å². The first-order chi connectivity index (χ1) is 10.1. The summed E-state index contributed by atoms with van der Waals surface area (Å²) in [6.07, 6.45) is 0. The van der Waals surface area contributed by atoms with Gasteiger partial charge in [-0.05, 0) is 43.0 Å². The molecule has 0 atom stereocenters. The van der Waals surface area contributed by atoms with Crippen LogP contribution in [-0.4, -0.2) is 43.0 Å². The average Bonchev–Trinajstić information content (AvgIpc) is 2.83. The Bertz CT molecular complexity index is 592. The minimum absolute atomic E-state index is 1.08. The van der Waals surface area contributed by atoms with Crippen molar-refractivity contribution in [2.75, 3.05) is 33.2 Å². The molecule has 21 heavy (non-hydrogen) atoms. The van der Waals surface area contributed by atoms with Crippen LogP contribution in [0.4, 0.5) is 0 Å². The molecular formula is C18H24N2S. The Morgan fingerprint density at radius 3 is 2.33 bits per heavy atom. The first kappa shape index (κ1) is 14.8. The van der Waals surface area contributed by atoms with E-state index in [2.05, 4.69) is 60.3 Å². The molecule has 2 nitrogen and oxygen atoms in total. The predicted octanol–water partition coefficient (Wildman–Crippen LogP) is 3.78. The van der Waals surface area contributed by atoms with E-state index in [-0.39, 0.29) is 0 Å². The lowest BCUT2D eigenvalue weighted by Crippen LogP contribution is -2.43. The molecule has 2 heterocycles. The van der Waals surface area contributed by atoms with Crippen molar-refractivity contribution in [2.24, 2.45) is 0 Å². The number of nitrogens with zero attached hydrogens (tertiary/aromatic N) is 2. The first-order valence-corrected chi connectivity index (χ1v) is 8.56. The topological polar surface area (TPSA) is 6.48 Å². The molecule has 0 bridgehead atoms. The highest BCUT2D eigenvalue weighted by molar-refractivity contribution is 7.10. The fourth-order valence-electron chi connectivity index (χ4n) is 2.98. The highest BCUT2D eigenvalue weighted by Gasteiger charge is 2.17. The van der Waals surface area contributed by atoms with Gasteiger partial charge in [-0.2, -0.15) is 0 Å². The lowest BCUT2D eigenvalue weighted by atomic mass is 10.0. The molecule has 112 valence electrons. The van der Waals surface area contributed by atoms with Crippen molar-refractivity contribution in [2.45, 2.75) is 20.4 Å². The molecule has 1 saturated heterocycles. The molecule has 1 aromatic heterocycles. The van der Waals surface area contributed by atoms with Crippen LogP contribution < -0.4 is 0 Å². The number of piperazine rings is 1. The second kappa shape index (κ2) is 6.30. The van der Waals surface area contributed by atoms with Gasteiger partial charge >= 0.3 is 0 Å². The summed E-state index contributed by atoms with van der Waals surface area (Å²) in [6, 6.07) is 8.95. The quantitative estimate of drug-likeness (QED) is 0.851.